The van der Waals surface area contributed by atoms with Crippen molar-refractivity contribution in [2.45, 2.75) is 26.2 Å². The molecule has 1 fully saturated rings. The van der Waals surface area contributed by atoms with Crippen LogP contribution in [0.2, 0.25) is 0 Å². The minimum Gasteiger partial charge on any atom is -0.351 e. The summed E-state index contributed by atoms with van der Waals surface area (Å²) in [6, 6.07) is 18.1. The topological polar surface area (TPSA) is 84.2 Å². The standard InChI is InChI=1S/C23H25N5O2/c1-17-7-5-6-10-20(17)26-22-21(28(29)30)23(25-16-24-22)27-13-11-19(12-14-27)15-18-8-3-2-4-9-18/h2-10,16,19H,11-15H2,1H3,(H,24,25,26). The Morgan fingerprint density at radius 3 is 2.47 bits per heavy atom. The van der Waals surface area contributed by atoms with Crippen LogP contribution in [-0.2, 0) is 6.42 Å². The van der Waals surface area contributed by atoms with Crippen LogP contribution < -0.4 is 10.2 Å². The Morgan fingerprint density at radius 2 is 1.77 bits per heavy atom. The third kappa shape index (κ3) is 4.40. The number of nitrogens with one attached hydrogen (secondary N) is 1. The molecule has 0 bridgehead atoms. The molecule has 154 valence electrons. The number of benzene rings is 2. The number of nitrogens with zero attached hydrogens (tertiary/aromatic N) is 4. The van der Waals surface area contributed by atoms with E-state index in [0.717, 1.165) is 43.6 Å². The van der Waals surface area contributed by atoms with Crippen molar-refractivity contribution in [3.63, 3.8) is 0 Å². The largest absolute Gasteiger partial charge is 0.353 e. The number of hydrogen-bond acceptors (Lipinski definition) is 6. The third-order valence-corrected chi connectivity index (χ3v) is 5.66. The lowest BCUT2D eigenvalue weighted by Gasteiger charge is -2.32. The molecule has 30 heavy (non-hydrogen) atoms. The Bertz CT molecular complexity index is 1020. The van der Waals surface area contributed by atoms with Crippen LogP contribution in [0.1, 0.15) is 24.0 Å². The molecule has 1 N–H and O–H groups in total. The number of aryl methyl sites for hydroxylation is 1. The zero-order valence-electron chi connectivity index (χ0n) is 17.0. The Balaban J connectivity index is 1.52. The highest BCUT2D eigenvalue weighted by atomic mass is 16.6. The van der Waals surface area contributed by atoms with E-state index in [0.29, 0.717) is 11.7 Å². The number of hydrogen-bond donors (Lipinski definition) is 1. The molecule has 0 unspecified atom stereocenters. The van der Waals surface area contributed by atoms with Crippen LogP contribution >= 0.6 is 0 Å². The smallest absolute Gasteiger partial charge is 0.351 e. The van der Waals surface area contributed by atoms with E-state index < -0.39 is 0 Å². The van der Waals surface area contributed by atoms with Crippen molar-refractivity contribution in [3.8, 4) is 0 Å². The summed E-state index contributed by atoms with van der Waals surface area (Å²) in [7, 11) is 0. The van der Waals surface area contributed by atoms with Gasteiger partial charge in [-0.05, 0) is 49.3 Å². The van der Waals surface area contributed by atoms with Crippen molar-refractivity contribution in [2.75, 3.05) is 23.3 Å². The number of nitro groups is 1. The molecule has 1 saturated heterocycles. The summed E-state index contributed by atoms with van der Waals surface area (Å²) in [6.45, 7) is 3.45. The average molecular weight is 403 g/mol. The molecule has 2 heterocycles. The summed E-state index contributed by atoms with van der Waals surface area (Å²) in [5.41, 5.74) is 3.07. The minimum atomic E-state index is -0.383. The van der Waals surface area contributed by atoms with Crippen LogP contribution in [0.4, 0.5) is 23.0 Å². The highest BCUT2D eigenvalue weighted by molar-refractivity contribution is 5.75. The molecule has 1 aromatic heterocycles. The van der Waals surface area contributed by atoms with Gasteiger partial charge in [0.25, 0.3) is 0 Å². The molecular weight excluding hydrogens is 378 g/mol. The van der Waals surface area contributed by atoms with Crippen molar-refractivity contribution in [2.24, 2.45) is 5.92 Å². The fourth-order valence-corrected chi connectivity index (χ4v) is 4.00. The lowest BCUT2D eigenvalue weighted by atomic mass is 9.90. The summed E-state index contributed by atoms with van der Waals surface area (Å²) < 4.78 is 0. The van der Waals surface area contributed by atoms with Gasteiger partial charge in [0.2, 0.25) is 11.6 Å². The monoisotopic (exact) mass is 403 g/mol. The molecule has 7 heteroatoms. The molecule has 2 aromatic carbocycles. The summed E-state index contributed by atoms with van der Waals surface area (Å²) in [5, 5.41) is 15.0. The van der Waals surface area contributed by atoms with Gasteiger partial charge in [0.05, 0.1) is 4.92 Å². The summed E-state index contributed by atoms with van der Waals surface area (Å²) in [4.78, 5) is 22.0. The van der Waals surface area contributed by atoms with Gasteiger partial charge in [0, 0.05) is 18.8 Å². The Morgan fingerprint density at radius 1 is 1.07 bits per heavy atom. The molecule has 0 atom stereocenters. The van der Waals surface area contributed by atoms with Gasteiger partial charge in [-0.3, -0.25) is 10.1 Å². The van der Waals surface area contributed by atoms with E-state index in [1.165, 1.54) is 11.9 Å². The first-order valence-electron chi connectivity index (χ1n) is 10.2. The van der Waals surface area contributed by atoms with E-state index in [4.69, 9.17) is 0 Å². The third-order valence-electron chi connectivity index (χ3n) is 5.66. The first-order chi connectivity index (χ1) is 14.6. The summed E-state index contributed by atoms with van der Waals surface area (Å²) >= 11 is 0. The quantitative estimate of drug-likeness (QED) is 0.466. The van der Waals surface area contributed by atoms with E-state index in [1.807, 2.05) is 42.2 Å². The van der Waals surface area contributed by atoms with E-state index >= 15 is 0 Å². The molecule has 0 spiro atoms. The van der Waals surface area contributed by atoms with Crippen molar-refractivity contribution in [1.82, 2.24) is 9.97 Å². The predicted octanol–water partition coefficient (Wildman–Crippen LogP) is 4.90. The molecule has 7 nitrogen and oxygen atoms in total. The lowest BCUT2D eigenvalue weighted by molar-refractivity contribution is -0.383. The molecule has 0 radical (unpaired) electrons. The zero-order chi connectivity index (χ0) is 20.9. The van der Waals surface area contributed by atoms with Gasteiger partial charge in [-0.15, -0.1) is 0 Å². The van der Waals surface area contributed by atoms with Gasteiger partial charge in [0.15, 0.2) is 0 Å². The molecule has 3 aromatic rings. The summed E-state index contributed by atoms with van der Waals surface area (Å²) in [6.07, 6.45) is 4.41. The maximum Gasteiger partial charge on any atom is 0.353 e. The second-order valence-electron chi connectivity index (χ2n) is 7.71. The SMILES string of the molecule is Cc1ccccc1Nc1ncnc(N2CCC(Cc3ccccc3)CC2)c1[N+](=O)[O-]. The fraction of sp³-hybridized carbons (Fsp3) is 0.304. The van der Waals surface area contributed by atoms with E-state index in [9.17, 15) is 10.1 Å². The second-order valence-corrected chi connectivity index (χ2v) is 7.71. The Labute approximate surface area is 175 Å². The van der Waals surface area contributed by atoms with E-state index in [2.05, 4.69) is 39.6 Å². The molecule has 0 saturated carbocycles. The highest BCUT2D eigenvalue weighted by Crippen LogP contribution is 2.36. The second kappa shape index (κ2) is 8.90. The number of rotatable bonds is 6. The van der Waals surface area contributed by atoms with Crippen LogP contribution in [0, 0.1) is 23.0 Å². The maximum atomic E-state index is 11.9. The zero-order valence-corrected chi connectivity index (χ0v) is 17.0. The highest BCUT2D eigenvalue weighted by Gasteiger charge is 2.30. The predicted molar refractivity (Wildman–Crippen MR) is 118 cm³/mol. The van der Waals surface area contributed by atoms with Crippen LogP contribution in [0.25, 0.3) is 0 Å². The van der Waals surface area contributed by atoms with Gasteiger partial charge < -0.3 is 10.2 Å². The fourth-order valence-electron chi connectivity index (χ4n) is 4.00. The molecule has 1 aliphatic heterocycles. The number of aromatic nitrogens is 2. The summed E-state index contributed by atoms with van der Waals surface area (Å²) in [5.74, 6) is 1.20. The normalized spacial score (nSPS) is 14.5. The van der Waals surface area contributed by atoms with Crippen molar-refractivity contribution in [1.29, 1.82) is 0 Å². The van der Waals surface area contributed by atoms with Gasteiger partial charge in [-0.1, -0.05) is 48.5 Å². The van der Waals surface area contributed by atoms with Crippen molar-refractivity contribution >= 4 is 23.0 Å². The van der Waals surface area contributed by atoms with Crippen molar-refractivity contribution in [3.05, 3.63) is 82.2 Å². The molecule has 0 aliphatic carbocycles. The average Bonchev–Trinajstić information content (AvgIpc) is 2.76. The van der Waals surface area contributed by atoms with E-state index in [-0.39, 0.29) is 16.4 Å². The first kappa shape index (κ1) is 19.8. The Kier molecular flexibility index (Phi) is 5.88. The molecular formula is C23H25N5O2. The number of para-hydroxylation sites is 1. The van der Waals surface area contributed by atoms with Gasteiger partial charge >= 0.3 is 5.69 Å². The molecule has 4 rings (SSSR count). The minimum absolute atomic E-state index is 0.0673. The van der Waals surface area contributed by atoms with Gasteiger partial charge in [-0.25, -0.2) is 9.97 Å². The van der Waals surface area contributed by atoms with Gasteiger partial charge in [0.1, 0.15) is 6.33 Å². The van der Waals surface area contributed by atoms with Crippen LogP contribution in [0.15, 0.2) is 60.9 Å². The van der Waals surface area contributed by atoms with Crippen molar-refractivity contribution < 1.29 is 4.92 Å². The number of piperidine rings is 1. The van der Waals surface area contributed by atoms with Crippen LogP contribution in [-0.4, -0.2) is 28.0 Å². The maximum absolute atomic E-state index is 11.9. The molecule has 1 aliphatic rings. The molecule has 0 amide bonds. The first-order valence-corrected chi connectivity index (χ1v) is 10.2. The number of anilines is 3. The van der Waals surface area contributed by atoms with Gasteiger partial charge in [-0.2, -0.15) is 0 Å². The van der Waals surface area contributed by atoms with E-state index in [1.54, 1.807) is 0 Å². The van der Waals surface area contributed by atoms with Crippen LogP contribution in [0.5, 0.6) is 0 Å². The lowest BCUT2D eigenvalue weighted by Crippen LogP contribution is -2.35. The van der Waals surface area contributed by atoms with Crippen LogP contribution in [0.3, 0.4) is 0 Å². The Hall–Kier alpha value is -3.48.